The molecule has 2 aromatic rings. The molecule has 1 N–H and O–H groups in total. The smallest absolute Gasteiger partial charge is 0.223 e. The number of carbonyl (C=O) groups is 1. The minimum atomic E-state index is 0.0954. The molecule has 2 heterocycles. The number of H-pyrrole nitrogens is 1. The van der Waals surface area contributed by atoms with Crippen LogP contribution in [0.5, 0.6) is 0 Å². The first-order chi connectivity index (χ1) is 11.0. The third-order valence-electron chi connectivity index (χ3n) is 4.71. The van der Waals surface area contributed by atoms with Gasteiger partial charge in [0.2, 0.25) is 5.91 Å². The molecule has 1 aliphatic rings. The molecular formula is C18H24N4O. The Labute approximate surface area is 137 Å². The number of rotatable bonds is 4. The number of carbonyl (C=O) groups excluding carboxylic acids is 1. The molecule has 0 aliphatic carbocycles. The van der Waals surface area contributed by atoms with Crippen molar-refractivity contribution in [3.8, 4) is 0 Å². The Balaban J connectivity index is 1.64. The van der Waals surface area contributed by atoms with Crippen LogP contribution in [0, 0.1) is 12.3 Å². The van der Waals surface area contributed by atoms with E-state index in [0.29, 0.717) is 24.6 Å². The van der Waals surface area contributed by atoms with Gasteiger partial charge in [0, 0.05) is 31.8 Å². The Bertz CT molecular complexity index is 677. The van der Waals surface area contributed by atoms with Crippen LogP contribution in [0.15, 0.2) is 30.3 Å². The molecule has 0 saturated carbocycles. The lowest BCUT2D eigenvalue weighted by molar-refractivity contribution is -0.130. The molecule has 0 unspecified atom stereocenters. The first kappa shape index (κ1) is 15.7. The van der Waals surface area contributed by atoms with Gasteiger partial charge in [-0.15, -0.1) is 0 Å². The maximum Gasteiger partial charge on any atom is 0.223 e. The van der Waals surface area contributed by atoms with E-state index in [1.807, 2.05) is 17.9 Å². The predicted octanol–water partition coefficient (Wildman–Crippen LogP) is 2.70. The van der Waals surface area contributed by atoms with Crippen molar-refractivity contribution in [2.24, 2.45) is 5.41 Å². The zero-order chi connectivity index (χ0) is 16.4. The second-order valence-electron chi connectivity index (χ2n) is 7.06. The van der Waals surface area contributed by atoms with Gasteiger partial charge in [-0.3, -0.25) is 9.89 Å². The van der Waals surface area contributed by atoms with Gasteiger partial charge in [-0.1, -0.05) is 44.2 Å². The molecule has 3 rings (SSSR count). The molecule has 0 spiro atoms. The minimum Gasteiger partial charge on any atom is -0.341 e. The summed E-state index contributed by atoms with van der Waals surface area (Å²) in [5, 5.41) is 6.92. The first-order valence-electron chi connectivity index (χ1n) is 8.16. The summed E-state index contributed by atoms with van der Waals surface area (Å²) in [6.45, 7) is 7.96. The van der Waals surface area contributed by atoms with Gasteiger partial charge in [0.05, 0.1) is 0 Å². The zero-order valence-corrected chi connectivity index (χ0v) is 14.0. The molecule has 1 saturated heterocycles. The van der Waals surface area contributed by atoms with Crippen molar-refractivity contribution in [2.45, 2.75) is 39.5 Å². The fourth-order valence-electron chi connectivity index (χ4n) is 3.44. The van der Waals surface area contributed by atoms with E-state index in [1.165, 1.54) is 5.56 Å². The van der Waals surface area contributed by atoms with Gasteiger partial charge in [0.25, 0.3) is 0 Å². The van der Waals surface area contributed by atoms with Crippen LogP contribution in [0.1, 0.15) is 43.4 Å². The summed E-state index contributed by atoms with van der Waals surface area (Å²) in [5.74, 6) is 2.09. The van der Waals surface area contributed by atoms with Crippen LogP contribution in [0.4, 0.5) is 0 Å². The summed E-state index contributed by atoms with van der Waals surface area (Å²) in [4.78, 5) is 18.8. The van der Waals surface area contributed by atoms with Crippen LogP contribution >= 0.6 is 0 Å². The summed E-state index contributed by atoms with van der Waals surface area (Å²) in [6.07, 6.45) is 1.06. The van der Waals surface area contributed by atoms with E-state index in [-0.39, 0.29) is 11.3 Å². The van der Waals surface area contributed by atoms with Crippen molar-refractivity contribution >= 4 is 5.91 Å². The van der Waals surface area contributed by atoms with Gasteiger partial charge in [0.15, 0.2) is 5.82 Å². The number of nitrogens with one attached hydrogen (secondary N) is 1. The fourth-order valence-corrected chi connectivity index (χ4v) is 3.44. The molecule has 0 bridgehead atoms. The third-order valence-corrected chi connectivity index (χ3v) is 4.71. The summed E-state index contributed by atoms with van der Waals surface area (Å²) in [7, 11) is 0. The summed E-state index contributed by atoms with van der Waals surface area (Å²) < 4.78 is 0. The molecule has 122 valence electrons. The molecule has 23 heavy (non-hydrogen) atoms. The summed E-state index contributed by atoms with van der Waals surface area (Å²) in [6, 6.07) is 10.5. The third kappa shape index (κ3) is 3.44. The highest BCUT2D eigenvalue weighted by Crippen LogP contribution is 2.42. The van der Waals surface area contributed by atoms with E-state index < -0.39 is 0 Å². The van der Waals surface area contributed by atoms with E-state index in [2.05, 4.69) is 53.3 Å². The van der Waals surface area contributed by atoms with Gasteiger partial charge in [-0.05, 0) is 17.9 Å². The highest BCUT2D eigenvalue weighted by molar-refractivity contribution is 5.77. The van der Waals surface area contributed by atoms with Crippen molar-refractivity contribution in [2.75, 3.05) is 13.1 Å². The van der Waals surface area contributed by atoms with Crippen LogP contribution in [-0.4, -0.2) is 39.1 Å². The van der Waals surface area contributed by atoms with Crippen LogP contribution in [0.3, 0.4) is 0 Å². The minimum absolute atomic E-state index is 0.0954. The Morgan fingerprint density at radius 3 is 2.74 bits per heavy atom. The van der Waals surface area contributed by atoms with E-state index in [1.54, 1.807) is 0 Å². The number of hydrogen-bond donors (Lipinski definition) is 1. The largest absolute Gasteiger partial charge is 0.341 e. The Kier molecular flexibility index (Phi) is 4.20. The van der Waals surface area contributed by atoms with Crippen molar-refractivity contribution in [1.82, 2.24) is 20.1 Å². The molecule has 1 aromatic heterocycles. The Morgan fingerprint density at radius 1 is 1.35 bits per heavy atom. The van der Waals surface area contributed by atoms with Crippen molar-refractivity contribution in [3.05, 3.63) is 47.5 Å². The lowest BCUT2D eigenvalue weighted by Gasteiger charge is -2.25. The number of benzene rings is 1. The zero-order valence-electron chi connectivity index (χ0n) is 14.0. The fraction of sp³-hybridized carbons (Fsp3) is 0.500. The maximum absolute atomic E-state index is 12.6. The maximum atomic E-state index is 12.6. The highest BCUT2D eigenvalue weighted by Gasteiger charge is 2.41. The molecule has 1 fully saturated rings. The first-order valence-corrected chi connectivity index (χ1v) is 8.16. The normalized spacial score (nSPS) is 20.0. The quantitative estimate of drug-likeness (QED) is 0.944. The lowest BCUT2D eigenvalue weighted by atomic mass is 9.78. The average Bonchev–Trinajstić information content (AvgIpc) is 3.08. The molecular weight excluding hydrogens is 288 g/mol. The average molecular weight is 312 g/mol. The van der Waals surface area contributed by atoms with E-state index in [9.17, 15) is 4.79 Å². The molecule has 5 nitrogen and oxygen atoms in total. The number of aromatic nitrogens is 3. The molecule has 1 amide bonds. The van der Waals surface area contributed by atoms with E-state index in [0.717, 1.165) is 18.9 Å². The summed E-state index contributed by atoms with van der Waals surface area (Å²) >= 11 is 0. The number of aryl methyl sites for hydroxylation is 2. The number of hydrogen-bond acceptors (Lipinski definition) is 3. The SMILES string of the molecule is Cc1nc(CCC(=O)N2C[C@@H](c3ccccc3)C(C)(C)C2)n[nH]1. The second-order valence-corrected chi connectivity index (χ2v) is 7.06. The highest BCUT2D eigenvalue weighted by atomic mass is 16.2. The Hall–Kier alpha value is -2.17. The summed E-state index contributed by atoms with van der Waals surface area (Å²) in [5.41, 5.74) is 1.41. The second kappa shape index (κ2) is 6.14. The standard InChI is InChI=1S/C18H24N4O/c1-13-19-16(21-20-13)9-10-17(23)22-11-15(18(2,3)12-22)14-7-5-4-6-8-14/h4-8,15H,9-12H2,1-3H3,(H,19,20,21)/t15-/m0/s1. The number of amides is 1. The monoisotopic (exact) mass is 312 g/mol. The van der Waals surface area contributed by atoms with Gasteiger partial charge < -0.3 is 4.90 Å². The van der Waals surface area contributed by atoms with Crippen LogP contribution < -0.4 is 0 Å². The number of aromatic amines is 1. The van der Waals surface area contributed by atoms with Crippen LogP contribution in [-0.2, 0) is 11.2 Å². The molecule has 1 atom stereocenters. The predicted molar refractivity (Wildman–Crippen MR) is 89.0 cm³/mol. The molecule has 1 aliphatic heterocycles. The van der Waals surface area contributed by atoms with Crippen molar-refractivity contribution in [1.29, 1.82) is 0 Å². The van der Waals surface area contributed by atoms with E-state index >= 15 is 0 Å². The van der Waals surface area contributed by atoms with Gasteiger partial charge in [-0.2, -0.15) is 5.10 Å². The van der Waals surface area contributed by atoms with Crippen LogP contribution in [0.2, 0.25) is 0 Å². The van der Waals surface area contributed by atoms with Crippen molar-refractivity contribution < 1.29 is 4.79 Å². The molecule has 1 aromatic carbocycles. The van der Waals surface area contributed by atoms with Crippen LogP contribution in [0.25, 0.3) is 0 Å². The number of nitrogens with zero attached hydrogens (tertiary/aromatic N) is 3. The van der Waals surface area contributed by atoms with Gasteiger partial charge >= 0.3 is 0 Å². The molecule has 0 radical (unpaired) electrons. The topological polar surface area (TPSA) is 61.9 Å². The number of likely N-dealkylation sites (tertiary alicyclic amines) is 1. The Morgan fingerprint density at radius 2 is 2.09 bits per heavy atom. The van der Waals surface area contributed by atoms with E-state index in [4.69, 9.17) is 0 Å². The van der Waals surface area contributed by atoms with Crippen molar-refractivity contribution in [3.63, 3.8) is 0 Å². The lowest BCUT2D eigenvalue weighted by Crippen LogP contribution is -2.30. The van der Waals surface area contributed by atoms with Gasteiger partial charge in [-0.25, -0.2) is 4.98 Å². The van der Waals surface area contributed by atoms with Gasteiger partial charge in [0.1, 0.15) is 5.82 Å². The molecule has 5 heteroatoms.